The van der Waals surface area contributed by atoms with Crippen molar-refractivity contribution in [2.75, 3.05) is 6.54 Å². The van der Waals surface area contributed by atoms with Crippen molar-refractivity contribution < 1.29 is 17.5 Å². The first-order valence-corrected chi connectivity index (χ1v) is 8.67. The van der Waals surface area contributed by atoms with Crippen LogP contribution in [0.25, 0.3) is 11.1 Å². The minimum Gasteiger partial charge on any atom is -0.488 e. The molecule has 0 fully saturated rings. The second-order valence-electron chi connectivity index (χ2n) is 5.67. The van der Waals surface area contributed by atoms with Gasteiger partial charge in [-0.3, -0.25) is 0 Å². The van der Waals surface area contributed by atoms with E-state index in [2.05, 4.69) is 0 Å². The lowest BCUT2D eigenvalue weighted by molar-refractivity contribution is 0.242. The SMILES string of the molecule is Cc1cc2c(c(-c3ccc(S(N)(=O)=O)cc3F)c1)OC(CN)C2. The van der Waals surface area contributed by atoms with E-state index < -0.39 is 15.8 Å². The topological polar surface area (TPSA) is 95.4 Å². The quantitative estimate of drug-likeness (QED) is 0.892. The van der Waals surface area contributed by atoms with E-state index in [9.17, 15) is 12.8 Å². The lowest BCUT2D eigenvalue weighted by Crippen LogP contribution is -2.24. The standard InChI is InChI=1S/C16H17FN2O3S/c1-9-4-10-6-11(8-18)22-16(10)14(5-9)13-3-2-12(7-15(13)17)23(19,20)21/h2-5,7,11H,6,8,18H2,1H3,(H2,19,20,21). The summed E-state index contributed by atoms with van der Waals surface area (Å²) < 4.78 is 42.9. The Bertz CT molecular complexity index is 881. The molecule has 2 aromatic carbocycles. The van der Waals surface area contributed by atoms with Crippen molar-refractivity contribution in [2.45, 2.75) is 24.3 Å². The molecule has 1 atom stereocenters. The highest BCUT2D eigenvalue weighted by molar-refractivity contribution is 7.89. The van der Waals surface area contributed by atoms with E-state index >= 15 is 0 Å². The van der Waals surface area contributed by atoms with Gasteiger partial charge in [-0.1, -0.05) is 6.07 Å². The largest absolute Gasteiger partial charge is 0.488 e. The van der Waals surface area contributed by atoms with Crippen molar-refractivity contribution in [3.8, 4) is 16.9 Å². The molecule has 23 heavy (non-hydrogen) atoms. The Labute approximate surface area is 134 Å². The zero-order valence-electron chi connectivity index (χ0n) is 12.5. The van der Waals surface area contributed by atoms with Gasteiger partial charge in [0.1, 0.15) is 17.7 Å². The maximum absolute atomic E-state index is 14.4. The average molecular weight is 336 g/mol. The molecule has 0 spiro atoms. The van der Waals surface area contributed by atoms with Crippen molar-refractivity contribution in [1.29, 1.82) is 0 Å². The zero-order valence-corrected chi connectivity index (χ0v) is 13.4. The third-order valence-corrected chi connectivity index (χ3v) is 4.78. The maximum Gasteiger partial charge on any atom is 0.238 e. The van der Waals surface area contributed by atoms with Gasteiger partial charge in [-0.15, -0.1) is 0 Å². The van der Waals surface area contributed by atoms with E-state index in [1.165, 1.54) is 12.1 Å². The third kappa shape index (κ3) is 2.95. The van der Waals surface area contributed by atoms with Crippen LogP contribution in [-0.4, -0.2) is 21.1 Å². The third-order valence-electron chi connectivity index (χ3n) is 3.86. The lowest BCUT2D eigenvalue weighted by atomic mass is 9.97. The fourth-order valence-electron chi connectivity index (χ4n) is 2.82. The van der Waals surface area contributed by atoms with Crippen LogP contribution in [0.1, 0.15) is 11.1 Å². The summed E-state index contributed by atoms with van der Waals surface area (Å²) >= 11 is 0. The minimum atomic E-state index is -3.94. The Morgan fingerprint density at radius 3 is 2.61 bits per heavy atom. The molecule has 4 N–H and O–H groups in total. The van der Waals surface area contributed by atoms with Gasteiger partial charge in [0.2, 0.25) is 10.0 Å². The van der Waals surface area contributed by atoms with Crippen LogP contribution in [0.2, 0.25) is 0 Å². The van der Waals surface area contributed by atoms with E-state index in [-0.39, 0.29) is 16.6 Å². The van der Waals surface area contributed by atoms with Crippen LogP contribution in [0.3, 0.4) is 0 Å². The fourth-order valence-corrected chi connectivity index (χ4v) is 3.34. The van der Waals surface area contributed by atoms with Gasteiger partial charge >= 0.3 is 0 Å². The second kappa shape index (κ2) is 5.59. The first kappa shape index (κ1) is 15.9. The molecular weight excluding hydrogens is 319 g/mol. The second-order valence-corrected chi connectivity index (χ2v) is 7.23. The Kier molecular flexibility index (Phi) is 3.87. The summed E-state index contributed by atoms with van der Waals surface area (Å²) in [7, 11) is -3.94. The molecule has 1 heterocycles. The highest BCUT2D eigenvalue weighted by Crippen LogP contribution is 2.40. The molecule has 0 aromatic heterocycles. The summed E-state index contributed by atoms with van der Waals surface area (Å²) in [4.78, 5) is -0.260. The zero-order chi connectivity index (χ0) is 16.8. The van der Waals surface area contributed by atoms with Gasteiger partial charge in [0.15, 0.2) is 0 Å². The van der Waals surface area contributed by atoms with Crippen LogP contribution in [0.5, 0.6) is 5.75 Å². The maximum atomic E-state index is 14.4. The Morgan fingerprint density at radius 1 is 1.26 bits per heavy atom. The summed E-state index contributed by atoms with van der Waals surface area (Å²) in [6, 6.07) is 7.42. The molecule has 0 amide bonds. The van der Waals surface area contributed by atoms with E-state index in [0.717, 1.165) is 17.2 Å². The van der Waals surface area contributed by atoms with Crippen molar-refractivity contribution in [3.63, 3.8) is 0 Å². The number of hydrogen-bond donors (Lipinski definition) is 2. The molecule has 7 heteroatoms. The van der Waals surface area contributed by atoms with Crippen LogP contribution < -0.4 is 15.6 Å². The van der Waals surface area contributed by atoms with Crippen molar-refractivity contribution in [1.82, 2.24) is 0 Å². The van der Waals surface area contributed by atoms with Crippen molar-refractivity contribution >= 4 is 10.0 Å². The molecule has 122 valence electrons. The van der Waals surface area contributed by atoms with Crippen LogP contribution in [0.15, 0.2) is 35.2 Å². The Hall–Kier alpha value is -1.96. The number of ether oxygens (including phenoxy) is 1. The van der Waals surface area contributed by atoms with Crippen LogP contribution in [-0.2, 0) is 16.4 Å². The first-order valence-electron chi connectivity index (χ1n) is 7.12. The van der Waals surface area contributed by atoms with E-state index in [0.29, 0.717) is 24.3 Å². The predicted octanol–water partition coefficient (Wildman–Crippen LogP) is 1.71. The predicted molar refractivity (Wildman–Crippen MR) is 85.1 cm³/mol. The van der Waals surface area contributed by atoms with Gasteiger partial charge in [-0.25, -0.2) is 17.9 Å². The lowest BCUT2D eigenvalue weighted by Gasteiger charge is -2.13. The monoisotopic (exact) mass is 336 g/mol. The van der Waals surface area contributed by atoms with Crippen LogP contribution in [0.4, 0.5) is 4.39 Å². The Morgan fingerprint density at radius 2 is 2.00 bits per heavy atom. The summed E-state index contributed by atoms with van der Waals surface area (Å²) in [5, 5.41) is 5.03. The van der Waals surface area contributed by atoms with E-state index in [4.69, 9.17) is 15.6 Å². The molecule has 0 radical (unpaired) electrons. The van der Waals surface area contributed by atoms with Gasteiger partial charge in [0, 0.05) is 24.1 Å². The van der Waals surface area contributed by atoms with Gasteiger partial charge in [-0.2, -0.15) is 0 Å². The fraction of sp³-hybridized carbons (Fsp3) is 0.250. The number of fused-ring (bicyclic) bond motifs is 1. The number of primary sulfonamides is 1. The molecule has 1 aliphatic rings. The van der Waals surface area contributed by atoms with Gasteiger partial charge in [-0.05, 0) is 42.3 Å². The first-order chi connectivity index (χ1) is 10.8. The van der Waals surface area contributed by atoms with E-state index in [1.54, 1.807) is 0 Å². The molecular formula is C16H17FN2O3S. The summed E-state index contributed by atoms with van der Waals surface area (Å²) in [5.74, 6) is -0.0579. The number of halogens is 1. The summed E-state index contributed by atoms with van der Waals surface area (Å²) in [6.07, 6.45) is 0.550. The molecule has 0 aliphatic carbocycles. The molecule has 5 nitrogen and oxygen atoms in total. The molecule has 3 rings (SSSR count). The molecule has 1 aliphatic heterocycles. The van der Waals surface area contributed by atoms with Crippen molar-refractivity contribution in [2.24, 2.45) is 10.9 Å². The normalized spacial score (nSPS) is 17.0. The number of hydrogen-bond acceptors (Lipinski definition) is 4. The molecule has 0 saturated heterocycles. The number of sulfonamides is 1. The Balaban J connectivity index is 2.14. The summed E-state index contributed by atoms with van der Waals surface area (Å²) in [5.41, 5.74) is 8.47. The number of rotatable bonds is 3. The molecule has 0 bridgehead atoms. The molecule has 1 unspecified atom stereocenters. The number of nitrogens with two attached hydrogens (primary N) is 2. The summed E-state index contributed by atoms with van der Waals surface area (Å²) in [6.45, 7) is 2.29. The van der Waals surface area contributed by atoms with Gasteiger partial charge in [0.05, 0.1) is 4.90 Å². The van der Waals surface area contributed by atoms with Gasteiger partial charge < -0.3 is 10.5 Å². The number of aryl methyl sites for hydroxylation is 1. The minimum absolute atomic E-state index is 0.127. The van der Waals surface area contributed by atoms with Crippen LogP contribution in [0, 0.1) is 12.7 Å². The highest BCUT2D eigenvalue weighted by atomic mass is 32.2. The van der Waals surface area contributed by atoms with Crippen molar-refractivity contribution in [3.05, 3.63) is 47.3 Å². The number of benzene rings is 2. The molecule has 0 saturated carbocycles. The molecule has 2 aromatic rings. The highest BCUT2D eigenvalue weighted by Gasteiger charge is 2.26. The van der Waals surface area contributed by atoms with E-state index in [1.807, 2.05) is 19.1 Å². The van der Waals surface area contributed by atoms with Crippen LogP contribution >= 0.6 is 0 Å². The average Bonchev–Trinajstić information content (AvgIpc) is 2.88. The smallest absolute Gasteiger partial charge is 0.238 e. The van der Waals surface area contributed by atoms with Gasteiger partial charge in [0.25, 0.3) is 0 Å².